The van der Waals surface area contributed by atoms with E-state index >= 15 is 0 Å². The van der Waals surface area contributed by atoms with Crippen LogP contribution in [0.1, 0.15) is 20.1 Å². The van der Waals surface area contributed by atoms with Gasteiger partial charge >= 0.3 is 0 Å². The number of morpholine rings is 1. The second-order valence-electron chi connectivity index (χ2n) is 5.32. The van der Waals surface area contributed by atoms with E-state index in [-0.39, 0.29) is 12.5 Å². The number of aryl methyl sites for hydroxylation is 2. The fraction of sp³-hybridized carbons (Fsp3) is 0.667. The predicted octanol–water partition coefficient (Wildman–Crippen LogP) is 1.13. The highest BCUT2D eigenvalue weighted by atomic mass is 32.1. The van der Waals surface area contributed by atoms with Gasteiger partial charge in [-0.25, -0.2) is 0 Å². The van der Waals surface area contributed by atoms with Crippen molar-refractivity contribution in [2.75, 3.05) is 52.5 Å². The van der Waals surface area contributed by atoms with Crippen molar-refractivity contribution in [2.45, 2.75) is 13.8 Å². The maximum atomic E-state index is 12.6. The summed E-state index contributed by atoms with van der Waals surface area (Å²) in [5.74, 6) is 0.0264. The van der Waals surface area contributed by atoms with Gasteiger partial charge in [-0.3, -0.25) is 9.69 Å². The molecule has 0 atom stereocenters. The first kappa shape index (κ1) is 16.4. The third-order valence-corrected chi connectivity index (χ3v) is 4.96. The lowest BCUT2D eigenvalue weighted by Crippen LogP contribution is -2.43. The number of hydrogen-bond donors (Lipinski definition) is 1. The van der Waals surface area contributed by atoms with Gasteiger partial charge in [-0.15, -0.1) is 11.3 Å². The van der Waals surface area contributed by atoms with Crippen LogP contribution in [-0.4, -0.2) is 73.4 Å². The average Bonchev–Trinajstić information content (AvgIpc) is 2.83. The normalized spacial score (nSPS) is 16.1. The topological polar surface area (TPSA) is 53.0 Å². The molecular formula is C15H24N2O3S. The quantitative estimate of drug-likeness (QED) is 0.856. The van der Waals surface area contributed by atoms with Gasteiger partial charge in [0.1, 0.15) is 0 Å². The molecule has 0 radical (unpaired) electrons. The Labute approximate surface area is 130 Å². The molecule has 118 valence electrons. The Hall–Kier alpha value is -0.950. The molecule has 1 fully saturated rings. The highest BCUT2D eigenvalue weighted by Crippen LogP contribution is 2.22. The van der Waals surface area contributed by atoms with Crippen LogP contribution in [0.3, 0.4) is 0 Å². The molecule has 0 aliphatic carbocycles. The van der Waals surface area contributed by atoms with Gasteiger partial charge in [0.05, 0.1) is 24.7 Å². The van der Waals surface area contributed by atoms with Crippen molar-refractivity contribution >= 4 is 17.2 Å². The highest BCUT2D eigenvalue weighted by molar-refractivity contribution is 7.14. The van der Waals surface area contributed by atoms with Crippen molar-refractivity contribution in [1.82, 2.24) is 9.80 Å². The number of ether oxygens (including phenoxy) is 1. The molecule has 1 aromatic heterocycles. The van der Waals surface area contributed by atoms with Crippen LogP contribution in [0.2, 0.25) is 0 Å². The van der Waals surface area contributed by atoms with E-state index in [0.717, 1.165) is 43.3 Å². The summed E-state index contributed by atoms with van der Waals surface area (Å²) in [6, 6.07) is 1.95. The van der Waals surface area contributed by atoms with Crippen molar-refractivity contribution in [3.05, 3.63) is 21.4 Å². The second-order valence-corrected chi connectivity index (χ2v) is 6.58. The molecule has 0 saturated carbocycles. The lowest BCUT2D eigenvalue weighted by molar-refractivity contribution is 0.0316. The zero-order valence-electron chi connectivity index (χ0n) is 12.8. The summed E-state index contributed by atoms with van der Waals surface area (Å²) in [6.07, 6.45) is 0. The number of amides is 1. The average molecular weight is 312 g/mol. The molecule has 2 heterocycles. The number of thiophene rings is 1. The number of carbonyl (C=O) groups excluding carboxylic acids is 1. The Morgan fingerprint density at radius 3 is 2.67 bits per heavy atom. The zero-order valence-corrected chi connectivity index (χ0v) is 13.6. The smallest absolute Gasteiger partial charge is 0.264 e. The second kappa shape index (κ2) is 7.89. The molecule has 2 rings (SSSR count). The van der Waals surface area contributed by atoms with Crippen molar-refractivity contribution in [3.8, 4) is 0 Å². The molecule has 1 saturated heterocycles. The van der Waals surface area contributed by atoms with Crippen LogP contribution >= 0.6 is 11.3 Å². The van der Waals surface area contributed by atoms with Crippen molar-refractivity contribution in [3.63, 3.8) is 0 Å². The molecule has 1 aliphatic heterocycles. The van der Waals surface area contributed by atoms with Crippen LogP contribution in [0, 0.1) is 13.8 Å². The number of carbonyl (C=O) groups is 1. The maximum Gasteiger partial charge on any atom is 0.264 e. The SMILES string of the molecule is Cc1cc(C(=O)N(CCO)CCN2CCOCC2)sc1C. The number of hydrogen-bond acceptors (Lipinski definition) is 5. The molecule has 0 unspecified atom stereocenters. The molecule has 0 bridgehead atoms. The number of rotatable bonds is 6. The summed E-state index contributed by atoms with van der Waals surface area (Å²) >= 11 is 1.53. The minimum atomic E-state index is -0.00180. The van der Waals surface area contributed by atoms with Gasteiger partial charge in [-0.1, -0.05) is 0 Å². The first-order valence-electron chi connectivity index (χ1n) is 7.39. The summed E-state index contributed by atoms with van der Waals surface area (Å²) < 4.78 is 5.33. The monoisotopic (exact) mass is 312 g/mol. The van der Waals surface area contributed by atoms with Gasteiger partial charge in [0.2, 0.25) is 0 Å². The van der Waals surface area contributed by atoms with Gasteiger partial charge in [-0.05, 0) is 25.5 Å². The molecule has 0 aromatic carbocycles. The molecule has 6 heteroatoms. The Balaban J connectivity index is 1.95. The van der Waals surface area contributed by atoms with E-state index in [1.54, 1.807) is 4.90 Å². The number of aliphatic hydroxyl groups excluding tert-OH is 1. The molecule has 21 heavy (non-hydrogen) atoms. The van der Waals surface area contributed by atoms with Crippen LogP contribution in [0.5, 0.6) is 0 Å². The number of aliphatic hydroxyl groups is 1. The maximum absolute atomic E-state index is 12.6. The molecule has 1 aliphatic rings. The summed E-state index contributed by atoms with van der Waals surface area (Å²) in [4.78, 5) is 18.5. The summed E-state index contributed by atoms with van der Waals surface area (Å²) in [6.45, 7) is 9.27. The molecular weight excluding hydrogens is 288 g/mol. The minimum Gasteiger partial charge on any atom is -0.395 e. The fourth-order valence-electron chi connectivity index (χ4n) is 2.36. The Morgan fingerprint density at radius 1 is 1.38 bits per heavy atom. The van der Waals surface area contributed by atoms with Crippen molar-refractivity contribution in [1.29, 1.82) is 0 Å². The van der Waals surface area contributed by atoms with E-state index < -0.39 is 0 Å². The van der Waals surface area contributed by atoms with E-state index in [4.69, 9.17) is 4.74 Å². The molecule has 5 nitrogen and oxygen atoms in total. The van der Waals surface area contributed by atoms with Crippen LogP contribution in [-0.2, 0) is 4.74 Å². The predicted molar refractivity (Wildman–Crippen MR) is 84.0 cm³/mol. The standard InChI is InChI=1S/C15H24N2O3S/c1-12-11-14(21-13(12)2)15(19)17(5-8-18)4-3-16-6-9-20-10-7-16/h11,18H,3-10H2,1-2H3. The van der Waals surface area contributed by atoms with Crippen LogP contribution in [0.15, 0.2) is 6.07 Å². The first-order valence-corrected chi connectivity index (χ1v) is 8.20. The highest BCUT2D eigenvalue weighted by Gasteiger charge is 2.19. The zero-order chi connectivity index (χ0) is 15.2. The van der Waals surface area contributed by atoms with Gasteiger partial charge < -0.3 is 14.7 Å². The van der Waals surface area contributed by atoms with E-state index in [1.165, 1.54) is 16.2 Å². The minimum absolute atomic E-state index is 0.00180. The molecule has 1 N–H and O–H groups in total. The third kappa shape index (κ3) is 4.51. The van der Waals surface area contributed by atoms with E-state index in [1.807, 2.05) is 19.9 Å². The van der Waals surface area contributed by atoms with Gasteiger partial charge in [0, 0.05) is 37.6 Å². The van der Waals surface area contributed by atoms with Gasteiger partial charge in [0.15, 0.2) is 0 Å². The van der Waals surface area contributed by atoms with Crippen molar-refractivity contribution in [2.24, 2.45) is 0 Å². The summed E-state index contributed by atoms with van der Waals surface area (Å²) in [7, 11) is 0. The van der Waals surface area contributed by atoms with Crippen LogP contribution in [0.4, 0.5) is 0 Å². The third-order valence-electron chi connectivity index (χ3n) is 3.82. The molecule has 1 amide bonds. The summed E-state index contributed by atoms with van der Waals surface area (Å²) in [5, 5.41) is 9.21. The lowest BCUT2D eigenvalue weighted by Gasteiger charge is -2.29. The molecule has 1 aromatic rings. The van der Waals surface area contributed by atoms with Gasteiger partial charge in [-0.2, -0.15) is 0 Å². The Morgan fingerprint density at radius 2 is 2.10 bits per heavy atom. The largest absolute Gasteiger partial charge is 0.395 e. The van der Waals surface area contributed by atoms with E-state index in [2.05, 4.69) is 4.90 Å². The van der Waals surface area contributed by atoms with E-state index in [0.29, 0.717) is 13.1 Å². The molecule has 0 spiro atoms. The number of nitrogens with zero attached hydrogens (tertiary/aromatic N) is 2. The van der Waals surface area contributed by atoms with Crippen molar-refractivity contribution < 1.29 is 14.6 Å². The first-order chi connectivity index (χ1) is 10.1. The van der Waals surface area contributed by atoms with E-state index in [9.17, 15) is 9.90 Å². The van der Waals surface area contributed by atoms with Crippen LogP contribution < -0.4 is 0 Å². The van der Waals surface area contributed by atoms with Gasteiger partial charge in [0.25, 0.3) is 5.91 Å². The summed E-state index contributed by atoms with van der Waals surface area (Å²) in [5.41, 5.74) is 1.15. The fourth-order valence-corrected chi connectivity index (χ4v) is 3.36. The van der Waals surface area contributed by atoms with Crippen LogP contribution in [0.25, 0.3) is 0 Å². The Bertz CT molecular complexity index is 450. The Kier molecular flexibility index (Phi) is 6.17. The lowest BCUT2D eigenvalue weighted by atomic mass is 10.2.